The predicted molar refractivity (Wildman–Crippen MR) is 102 cm³/mol. The second kappa shape index (κ2) is 7.10. The van der Waals surface area contributed by atoms with Crippen LogP contribution in [0.2, 0.25) is 0 Å². The third kappa shape index (κ3) is 3.14. The second-order valence-electron chi connectivity index (χ2n) is 7.32. The molecule has 3 aromatic heterocycles. The number of hydrogen-bond acceptors (Lipinski definition) is 5. The fraction of sp³-hybridized carbons (Fsp3) is 0.500. The number of piperidine rings is 1. The molecule has 0 unspecified atom stereocenters. The average molecular weight is 385 g/mol. The first-order valence-corrected chi connectivity index (χ1v) is 9.32. The number of imidazole rings is 2. The number of likely N-dealkylation sites (tertiary alicyclic amines) is 1. The van der Waals surface area contributed by atoms with E-state index >= 15 is 0 Å². The molecule has 10 nitrogen and oxygen atoms in total. The minimum Gasteiger partial charge on any atom is -0.349 e. The highest BCUT2D eigenvalue weighted by atomic mass is 16.2. The quantitative estimate of drug-likeness (QED) is 0.659. The molecule has 3 aromatic rings. The zero-order chi connectivity index (χ0) is 19.8. The van der Waals surface area contributed by atoms with E-state index in [1.807, 2.05) is 6.20 Å². The number of nitrogens with zero attached hydrogens (tertiary/aromatic N) is 6. The van der Waals surface area contributed by atoms with Crippen LogP contribution in [-0.4, -0.2) is 52.5 Å². The van der Waals surface area contributed by atoms with E-state index in [1.54, 1.807) is 29.8 Å². The Kier molecular flexibility index (Phi) is 4.62. The summed E-state index contributed by atoms with van der Waals surface area (Å²) in [5.74, 6) is 1.22. The van der Waals surface area contributed by atoms with Crippen molar-refractivity contribution in [1.82, 2.24) is 33.6 Å². The minimum atomic E-state index is -0.530. The smallest absolute Gasteiger partial charge is 0.332 e. The van der Waals surface area contributed by atoms with E-state index in [4.69, 9.17) is 0 Å². The summed E-state index contributed by atoms with van der Waals surface area (Å²) in [5, 5.41) is 0. The number of nitrogens with one attached hydrogen (secondary N) is 1. The summed E-state index contributed by atoms with van der Waals surface area (Å²) < 4.78 is 3.87. The van der Waals surface area contributed by atoms with Gasteiger partial charge in [-0.3, -0.25) is 14.2 Å². The summed E-state index contributed by atoms with van der Waals surface area (Å²) in [6.45, 7) is 0.982. The van der Waals surface area contributed by atoms with Crippen molar-refractivity contribution in [3.63, 3.8) is 0 Å². The molecule has 1 fully saturated rings. The van der Waals surface area contributed by atoms with Gasteiger partial charge in [0.1, 0.15) is 12.4 Å². The van der Waals surface area contributed by atoms with Gasteiger partial charge < -0.3 is 14.5 Å². The number of aromatic amines is 1. The fourth-order valence-electron chi connectivity index (χ4n) is 3.84. The van der Waals surface area contributed by atoms with Crippen LogP contribution in [0.1, 0.15) is 18.7 Å². The summed E-state index contributed by atoms with van der Waals surface area (Å²) in [5.41, 5.74) is -0.386. The Morgan fingerprint density at radius 2 is 1.96 bits per heavy atom. The highest BCUT2D eigenvalue weighted by molar-refractivity contribution is 5.77. The van der Waals surface area contributed by atoms with Crippen LogP contribution in [0.25, 0.3) is 11.2 Å². The lowest BCUT2D eigenvalue weighted by Crippen LogP contribution is -2.46. The summed E-state index contributed by atoms with van der Waals surface area (Å²) in [6, 6.07) is 0. The van der Waals surface area contributed by atoms with Gasteiger partial charge in [-0.25, -0.2) is 19.3 Å². The van der Waals surface area contributed by atoms with E-state index in [1.165, 1.54) is 10.9 Å². The molecule has 28 heavy (non-hydrogen) atoms. The van der Waals surface area contributed by atoms with Gasteiger partial charge in [0, 0.05) is 46.0 Å². The summed E-state index contributed by atoms with van der Waals surface area (Å²) in [7, 11) is 3.25. The minimum absolute atomic E-state index is 0.211. The van der Waals surface area contributed by atoms with Crippen LogP contribution < -0.4 is 11.2 Å². The van der Waals surface area contributed by atoms with E-state index in [9.17, 15) is 14.4 Å². The number of aromatic nitrogens is 6. The van der Waals surface area contributed by atoms with Gasteiger partial charge in [-0.1, -0.05) is 0 Å². The van der Waals surface area contributed by atoms with Crippen molar-refractivity contribution in [1.29, 1.82) is 0 Å². The van der Waals surface area contributed by atoms with E-state index in [2.05, 4.69) is 15.0 Å². The fourth-order valence-corrected chi connectivity index (χ4v) is 3.84. The number of carbonyl (C=O) groups excluding carboxylic acids is 1. The SMILES string of the molecule is Cn1cnc2c1c(=O)n(CC(=O)N1CCC(Cc3ncc[nH]3)CC1)c(=O)n2C. The molecule has 10 heteroatoms. The molecule has 4 heterocycles. The van der Waals surface area contributed by atoms with Gasteiger partial charge in [0.25, 0.3) is 5.56 Å². The molecule has 1 aliphatic rings. The van der Waals surface area contributed by atoms with Gasteiger partial charge in [-0.05, 0) is 18.8 Å². The highest BCUT2D eigenvalue weighted by Crippen LogP contribution is 2.20. The number of amides is 1. The Morgan fingerprint density at radius 1 is 1.21 bits per heavy atom. The lowest BCUT2D eigenvalue weighted by atomic mass is 9.93. The number of rotatable bonds is 4. The van der Waals surface area contributed by atoms with Gasteiger partial charge >= 0.3 is 5.69 Å². The number of H-pyrrole nitrogens is 1. The Balaban J connectivity index is 1.48. The average Bonchev–Trinajstić information content (AvgIpc) is 3.33. The lowest BCUT2D eigenvalue weighted by Gasteiger charge is -2.31. The van der Waals surface area contributed by atoms with Crippen LogP contribution >= 0.6 is 0 Å². The van der Waals surface area contributed by atoms with Crippen molar-refractivity contribution in [2.75, 3.05) is 13.1 Å². The van der Waals surface area contributed by atoms with Gasteiger partial charge in [0.05, 0.1) is 6.33 Å². The molecule has 0 saturated carbocycles. The standard InChI is InChI=1S/C18H23N7O3/c1-22-11-21-16-15(22)17(27)25(18(28)23(16)2)10-14(26)24-7-3-12(4-8-24)9-13-19-5-6-20-13/h5-6,11-12H,3-4,7-10H2,1-2H3,(H,19,20). The zero-order valence-electron chi connectivity index (χ0n) is 16.0. The molecule has 1 aliphatic heterocycles. The third-order valence-electron chi connectivity index (χ3n) is 5.50. The summed E-state index contributed by atoms with van der Waals surface area (Å²) in [4.78, 5) is 51.2. The van der Waals surface area contributed by atoms with Gasteiger partial charge in [0.2, 0.25) is 5.91 Å². The van der Waals surface area contributed by atoms with E-state index < -0.39 is 11.2 Å². The molecule has 0 bridgehead atoms. The Labute approximate surface area is 160 Å². The summed E-state index contributed by atoms with van der Waals surface area (Å²) in [6.07, 6.45) is 7.66. The van der Waals surface area contributed by atoms with Crippen LogP contribution in [0.5, 0.6) is 0 Å². The van der Waals surface area contributed by atoms with Gasteiger partial charge in [-0.2, -0.15) is 0 Å². The van der Waals surface area contributed by atoms with Crippen LogP contribution in [0, 0.1) is 5.92 Å². The first kappa shape index (κ1) is 18.2. The first-order chi connectivity index (χ1) is 13.5. The van der Waals surface area contributed by atoms with Crippen LogP contribution in [0.3, 0.4) is 0 Å². The highest BCUT2D eigenvalue weighted by Gasteiger charge is 2.25. The first-order valence-electron chi connectivity index (χ1n) is 9.32. The molecular weight excluding hydrogens is 362 g/mol. The molecule has 0 spiro atoms. The van der Waals surface area contributed by atoms with Crippen molar-refractivity contribution >= 4 is 17.1 Å². The van der Waals surface area contributed by atoms with E-state index in [0.717, 1.165) is 29.7 Å². The zero-order valence-corrected chi connectivity index (χ0v) is 16.0. The largest absolute Gasteiger partial charge is 0.349 e. The lowest BCUT2D eigenvalue weighted by molar-refractivity contribution is -0.133. The molecule has 148 valence electrons. The molecule has 0 aromatic carbocycles. The Bertz CT molecular complexity index is 1110. The summed E-state index contributed by atoms with van der Waals surface area (Å²) >= 11 is 0. The van der Waals surface area contributed by atoms with Crippen LogP contribution in [0.15, 0.2) is 28.3 Å². The Hall–Kier alpha value is -3.17. The third-order valence-corrected chi connectivity index (χ3v) is 5.50. The number of fused-ring (bicyclic) bond motifs is 1. The van der Waals surface area contributed by atoms with Crippen molar-refractivity contribution < 1.29 is 4.79 Å². The Morgan fingerprint density at radius 3 is 2.64 bits per heavy atom. The number of hydrogen-bond donors (Lipinski definition) is 1. The van der Waals surface area contributed by atoms with Crippen molar-refractivity contribution in [3.05, 3.63) is 45.4 Å². The number of aryl methyl sites for hydroxylation is 2. The van der Waals surface area contributed by atoms with Gasteiger partial charge in [-0.15, -0.1) is 0 Å². The molecule has 4 rings (SSSR count). The maximum atomic E-state index is 12.7. The van der Waals surface area contributed by atoms with Crippen molar-refractivity contribution in [2.24, 2.45) is 20.0 Å². The predicted octanol–water partition coefficient (Wildman–Crippen LogP) is -0.362. The molecule has 0 radical (unpaired) electrons. The molecule has 1 amide bonds. The molecule has 1 N–H and O–H groups in total. The van der Waals surface area contributed by atoms with Gasteiger partial charge in [0.15, 0.2) is 11.2 Å². The molecule has 0 aliphatic carbocycles. The van der Waals surface area contributed by atoms with Crippen molar-refractivity contribution in [2.45, 2.75) is 25.8 Å². The van der Waals surface area contributed by atoms with E-state index in [-0.39, 0.29) is 12.5 Å². The van der Waals surface area contributed by atoms with Crippen LogP contribution in [-0.2, 0) is 31.9 Å². The maximum absolute atomic E-state index is 12.7. The maximum Gasteiger partial charge on any atom is 0.332 e. The van der Waals surface area contributed by atoms with E-state index in [0.29, 0.717) is 30.2 Å². The second-order valence-corrected chi connectivity index (χ2v) is 7.32. The van der Waals surface area contributed by atoms with Crippen molar-refractivity contribution in [3.8, 4) is 0 Å². The monoisotopic (exact) mass is 385 g/mol. The molecule has 0 atom stereocenters. The topological polar surface area (TPSA) is 111 Å². The number of carbonyl (C=O) groups is 1. The molecule has 1 saturated heterocycles. The normalized spacial score (nSPS) is 15.4. The molecular formula is C18H23N7O3. The van der Waals surface area contributed by atoms with Crippen LogP contribution in [0.4, 0.5) is 0 Å².